The van der Waals surface area contributed by atoms with Crippen LogP contribution in [0.25, 0.3) is 0 Å². The number of hydrogen-bond donors (Lipinski definition) is 2. The van der Waals surface area contributed by atoms with Gasteiger partial charge in [0.15, 0.2) is 6.67 Å². The van der Waals surface area contributed by atoms with Gasteiger partial charge in [-0.3, -0.25) is 4.90 Å². The summed E-state index contributed by atoms with van der Waals surface area (Å²) < 4.78 is 0. The number of nitrogens with zero attached hydrogens (tertiary/aromatic N) is 1. The van der Waals surface area contributed by atoms with Crippen molar-refractivity contribution in [3.05, 3.63) is 11.9 Å². The summed E-state index contributed by atoms with van der Waals surface area (Å²) in [6.45, 7) is 1.83. The van der Waals surface area contributed by atoms with E-state index < -0.39 is 0 Å². The Kier molecular flexibility index (Phi) is 2.29. The Labute approximate surface area is 62.1 Å². The highest BCUT2D eigenvalue weighted by Gasteiger charge is 2.16. The normalized spacial score (nSPS) is 25.3. The molecule has 1 heterocycles. The highest BCUT2D eigenvalue weighted by Crippen LogP contribution is 2.04. The van der Waals surface area contributed by atoms with Crippen molar-refractivity contribution in [3.63, 3.8) is 0 Å². The second kappa shape index (κ2) is 3.03. The van der Waals surface area contributed by atoms with Crippen LogP contribution in [-0.2, 0) is 0 Å². The predicted molar refractivity (Wildman–Crippen MR) is 41.3 cm³/mol. The average Bonchev–Trinajstić information content (AvgIpc) is 2.13. The fraction of sp³-hybridized carbons (Fsp3) is 0.714. The molecule has 0 saturated carbocycles. The van der Waals surface area contributed by atoms with Crippen LogP contribution in [-0.4, -0.2) is 32.2 Å². The van der Waals surface area contributed by atoms with Crippen LogP contribution in [0.15, 0.2) is 11.9 Å². The van der Waals surface area contributed by atoms with Crippen LogP contribution in [0.4, 0.5) is 0 Å². The molecule has 0 amide bonds. The largest absolute Gasteiger partial charge is 0.330 e. The fourth-order valence-corrected chi connectivity index (χ4v) is 1.33. The quantitative estimate of drug-likeness (QED) is 0.497. The van der Waals surface area contributed by atoms with E-state index >= 15 is 0 Å². The minimum absolute atomic E-state index is 0.753. The van der Waals surface area contributed by atoms with Crippen LogP contribution < -0.4 is 10.6 Å². The minimum Gasteiger partial charge on any atom is -0.330 e. The van der Waals surface area contributed by atoms with Gasteiger partial charge < -0.3 is 10.6 Å². The first-order chi connectivity index (χ1) is 4.74. The van der Waals surface area contributed by atoms with E-state index in [0.29, 0.717) is 0 Å². The number of quaternary nitrogens is 1. The summed E-state index contributed by atoms with van der Waals surface area (Å²) in [6.07, 6.45) is 3.24. The van der Waals surface area contributed by atoms with Gasteiger partial charge in [-0.05, 0) is 6.54 Å². The van der Waals surface area contributed by atoms with Crippen molar-refractivity contribution in [3.8, 4) is 0 Å². The van der Waals surface area contributed by atoms with E-state index in [0.717, 1.165) is 19.6 Å². The van der Waals surface area contributed by atoms with E-state index in [9.17, 15) is 0 Å². The Morgan fingerprint density at radius 2 is 2.50 bits per heavy atom. The lowest BCUT2D eigenvalue weighted by Crippen LogP contribution is -3.03. The molecule has 0 spiro atoms. The molecule has 1 rings (SSSR count). The van der Waals surface area contributed by atoms with Crippen LogP contribution in [0.2, 0.25) is 0 Å². The molecule has 10 heavy (non-hydrogen) atoms. The molecule has 0 fully saturated rings. The van der Waals surface area contributed by atoms with Crippen molar-refractivity contribution < 1.29 is 4.90 Å². The number of nitrogens with two attached hydrogens (primary N) is 1. The maximum atomic E-state index is 5.44. The summed E-state index contributed by atoms with van der Waals surface area (Å²) in [5, 5.41) is 0. The van der Waals surface area contributed by atoms with Gasteiger partial charge in [-0.15, -0.1) is 0 Å². The first-order valence-corrected chi connectivity index (χ1v) is 3.68. The summed E-state index contributed by atoms with van der Waals surface area (Å²) in [5.41, 5.74) is 6.81. The lowest BCUT2D eigenvalue weighted by Gasteiger charge is -2.11. The zero-order valence-electron chi connectivity index (χ0n) is 6.72. The third kappa shape index (κ3) is 1.49. The van der Waals surface area contributed by atoms with Gasteiger partial charge >= 0.3 is 0 Å². The Bertz CT molecular complexity index is 142. The van der Waals surface area contributed by atoms with E-state index in [1.807, 2.05) is 0 Å². The first kappa shape index (κ1) is 7.57. The molecular formula is C7H16N3+. The first-order valence-electron chi connectivity index (χ1n) is 3.68. The summed E-state index contributed by atoms with van der Waals surface area (Å²) in [5.74, 6) is 0. The molecule has 0 aromatic rings. The fourth-order valence-electron chi connectivity index (χ4n) is 1.33. The standard InChI is InChI=1S/C7H15N3/c1-9-5-7(3-4-8)10(2)6-9/h5H,3-4,6,8H2,1-2H3/p+1. The van der Waals surface area contributed by atoms with E-state index in [4.69, 9.17) is 5.73 Å². The summed E-state index contributed by atoms with van der Waals surface area (Å²) in [4.78, 5) is 3.69. The molecule has 1 aliphatic heterocycles. The van der Waals surface area contributed by atoms with Gasteiger partial charge in [0.2, 0.25) is 0 Å². The van der Waals surface area contributed by atoms with E-state index in [-0.39, 0.29) is 0 Å². The maximum absolute atomic E-state index is 5.44. The van der Waals surface area contributed by atoms with Crippen molar-refractivity contribution in [1.82, 2.24) is 4.90 Å². The zero-order valence-corrected chi connectivity index (χ0v) is 6.72. The van der Waals surface area contributed by atoms with Gasteiger partial charge in [0.1, 0.15) is 6.20 Å². The van der Waals surface area contributed by atoms with E-state index in [1.165, 1.54) is 10.6 Å². The van der Waals surface area contributed by atoms with Crippen molar-refractivity contribution in [2.45, 2.75) is 6.42 Å². The van der Waals surface area contributed by atoms with Gasteiger partial charge in [-0.2, -0.15) is 0 Å². The summed E-state index contributed by atoms with van der Waals surface area (Å²) in [7, 11) is 4.26. The third-order valence-electron chi connectivity index (χ3n) is 1.79. The molecule has 0 aliphatic carbocycles. The number of hydrogen-bond acceptors (Lipinski definition) is 2. The Morgan fingerprint density at radius 1 is 1.80 bits per heavy atom. The molecule has 0 bridgehead atoms. The molecule has 0 saturated heterocycles. The molecule has 0 aromatic carbocycles. The topological polar surface area (TPSA) is 33.7 Å². The highest BCUT2D eigenvalue weighted by atomic mass is 15.3. The summed E-state index contributed by atoms with van der Waals surface area (Å²) >= 11 is 0. The number of nitrogens with one attached hydrogen (secondary N) is 1. The van der Waals surface area contributed by atoms with Gasteiger partial charge in [0, 0.05) is 13.5 Å². The molecule has 1 unspecified atom stereocenters. The van der Waals surface area contributed by atoms with Crippen molar-refractivity contribution in [1.29, 1.82) is 0 Å². The van der Waals surface area contributed by atoms with Crippen LogP contribution in [0.1, 0.15) is 6.42 Å². The second-order valence-corrected chi connectivity index (χ2v) is 2.88. The summed E-state index contributed by atoms with van der Waals surface area (Å²) in [6, 6.07) is 0. The van der Waals surface area contributed by atoms with E-state index in [2.05, 4.69) is 25.2 Å². The van der Waals surface area contributed by atoms with Crippen LogP contribution in [0.3, 0.4) is 0 Å². The van der Waals surface area contributed by atoms with Gasteiger partial charge in [0.05, 0.1) is 12.7 Å². The van der Waals surface area contributed by atoms with Crippen LogP contribution in [0.5, 0.6) is 0 Å². The predicted octanol–water partition coefficient (Wildman–Crippen LogP) is -1.41. The van der Waals surface area contributed by atoms with Crippen LogP contribution >= 0.6 is 0 Å². The molecule has 3 N–H and O–H groups in total. The Morgan fingerprint density at radius 3 is 2.90 bits per heavy atom. The van der Waals surface area contributed by atoms with Crippen molar-refractivity contribution in [2.24, 2.45) is 5.73 Å². The van der Waals surface area contributed by atoms with Crippen molar-refractivity contribution in [2.75, 3.05) is 27.3 Å². The molecule has 3 nitrogen and oxygen atoms in total. The molecule has 0 aromatic heterocycles. The van der Waals surface area contributed by atoms with Gasteiger partial charge in [0.25, 0.3) is 0 Å². The molecular weight excluding hydrogens is 126 g/mol. The Balaban J connectivity index is 2.48. The smallest absolute Gasteiger partial charge is 0.156 e. The zero-order chi connectivity index (χ0) is 7.56. The van der Waals surface area contributed by atoms with Gasteiger partial charge in [-0.1, -0.05) is 0 Å². The molecule has 3 heteroatoms. The molecule has 1 aliphatic rings. The molecule has 58 valence electrons. The van der Waals surface area contributed by atoms with Crippen molar-refractivity contribution >= 4 is 0 Å². The van der Waals surface area contributed by atoms with E-state index in [1.54, 1.807) is 0 Å². The highest BCUT2D eigenvalue weighted by molar-refractivity contribution is 4.97. The lowest BCUT2D eigenvalue weighted by atomic mass is 10.3. The third-order valence-corrected chi connectivity index (χ3v) is 1.79. The lowest BCUT2D eigenvalue weighted by molar-refractivity contribution is -0.826. The SMILES string of the molecule is CN1C[NH+](C)C=C1CCN. The molecule has 1 atom stereocenters. The maximum Gasteiger partial charge on any atom is 0.156 e. The molecule has 0 radical (unpaired) electrons. The number of rotatable bonds is 2. The minimum atomic E-state index is 0.753. The average molecular weight is 142 g/mol. The Hall–Kier alpha value is -0.540. The van der Waals surface area contributed by atoms with Crippen LogP contribution in [0, 0.1) is 0 Å². The second-order valence-electron chi connectivity index (χ2n) is 2.88. The monoisotopic (exact) mass is 142 g/mol. The van der Waals surface area contributed by atoms with Gasteiger partial charge in [-0.25, -0.2) is 0 Å².